The summed E-state index contributed by atoms with van der Waals surface area (Å²) < 4.78 is 13.3. The lowest BCUT2D eigenvalue weighted by molar-refractivity contribution is 0.0953. The molecule has 0 spiro atoms. The smallest absolute Gasteiger partial charge is 0.252 e. The van der Waals surface area contributed by atoms with Gasteiger partial charge in [0.05, 0.1) is 22.8 Å². The van der Waals surface area contributed by atoms with Crippen LogP contribution in [0.3, 0.4) is 0 Å². The Morgan fingerprint density at radius 1 is 1.06 bits per heavy atom. The van der Waals surface area contributed by atoms with Crippen molar-refractivity contribution in [2.24, 2.45) is 0 Å². The fourth-order valence-corrected chi connectivity index (χ4v) is 4.76. The van der Waals surface area contributed by atoms with Gasteiger partial charge in [-0.2, -0.15) is 5.10 Å². The molecule has 9 heteroatoms. The number of nitrogens with one attached hydrogen (secondary N) is 1. The molecule has 192 valence electrons. The van der Waals surface area contributed by atoms with Crippen LogP contribution >= 0.6 is 0 Å². The van der Waals surface area contributed by atoms with Crippen LogP contribution in [0, 0.1) is 0 Å². The predicted molar refractivity (Wildman–Crippen MR) is 140 cm³/mol. The summed E-state index contributed by atoms with van der Waals surface area (Å²) in [6.45, 7) is 11.4. The minimum atomic E-state index is -0.0934. The van der Waals surface area contributed by atoms with Crippen molar-refractivity contribution in [2.45, 2.75) is 32.7 Å². The Hall–Kier alpha value is -3.17. The molecule has 3 aromatic rings. The van der Waals surface area contributed by atoms with E-state index in [-0.39, 0.29) is 11.9 Å². The van der Waals surface area contributed by atoms with Crippen LogP contribution in [-0.4, -0.2) is 90.0 Å². The molecule has 2 aliphatic heterocycles. The number of pyridine rings is 1. The van der Waals surface area contributed by atoms with Crippen LogP contribution in [-0.2, 0) is 0 Å². The summed E-state index contributed by atoms with van der Waals surface area (Å²) in [7, 11) is 2.17. The molecule has 9 nitrogen and oxygen atoms in total. The summed E-state index contributed by atoms with van der Waals surface area (Å²) in [4.78, 5) is 23.1. The monoisotopic (exact) mass is 492 g/mol. The molecule has 1 saturated heterocycles. The zero-order valence-electron chi connectivity index (χ0n) is 21.5. The molecule has 1 N–H and O–H groups in total. The van der Waals surface area contributed by atoms with Crippen molar-refractivity contribution in [2.75, 3.05) is 59.5 Å². The van der Waals surface area contributed by atoms with Gasteiger partial charge in [0.2, 0.25) is 0 Å². The summed E-state index contributed by atoms with van der Waals surface area (Å²) in [5, 5.41) is 8.42. The second kappa shape index (κ2) is 10.8. The topological polar surface area (TPSA) is 84.8 Å². The van der Waals surface area contributed by atoms with Gasteiger partial charge in [0, 0.05) is 44.3 Å². The molecular formula is C27H36N6O3. The summed E-state index contributed by atoms with van der Waals surface area (Å²) in [6.07, 6.45) is 3.77. The molecule has 1 fully saturated rings. The third kappa shape index (κ3) is 5.32. The Balaban J connectivity index is 1.32. The standard InChI is InChI=1S/C27H36N6O3/c1-19(2)33-26-22(18-29-33)21(27(34)28-8-4-5-9-32-12-10-31(3)11-13-32)17-23(30-26)20-6-7-24-25(16-20)36-15-14-35-24/h6-7,16-19H,4-5,8-15H2,1-3H3,(H,28,34). The average Bonchev–Trinajstić information content (AvgIpc) is 3.33. The highest BCUT2D eigenvalue weighted by molar-refractivity contribution is 6.06. The summed E-state index contributed by atoms with van der Waals surface area (Å²) in [6, 6.07) is 7.77. The summed E-state index contributed by atoms with van der Waals surface area (Å²) >= 11 is 0. The predicted octanol–water partition coefficient (Wildman–Crippen LogP) is 3.21. The molecule has 2 aromatic heterocycles. The average molecular weight is 493 g/mol. The van der Waals surface area contributed by atoms with Gasteiger partial charge in [-0.1, -0.05) is 0 Å². The van der Waals surface area contributed by atoms with Crippen LogP contribution in [0.4, 0.5) is 0 Å². The molecule has 1 aromatic carbocycles. The first-order valence-electron chi connectivity index (χ1n) is 13.0. The number of ether oxygens (including phenoxy) is 2. The van der Waals surface area contributed by atoms with Crippen molar-refractivity contribution in [3.05, 3.63) is 36.0 Å². The first-order chi connectivity index (χ1) is 17.5. The van der Waals surface area contributed by atoms with Gasteiger partial charge in [0.1, 0.15) is 13.2 Å². The lowest BCUT2D eigenvalue weighted by Crippen LogP contribution is -2.44. The van der Waals surface area contributed by atoms with Crippen molar-refractivity contribution in [3.8, 4) is 22.8 Å². The fourth-order valence-electron chi connectivity index (χ4n) is 4.76. The third-order valence-corrected chi connectivity index (χ3v) is 6.92. The Morgan fingerprint density at radius 3 is 2.61 bits per heavy atom. The molecule has 2 aliphatic rings. The second-order valence-electron chi connectivity index (χ2n) is 9.94. The maximum absolute atomic E-state index is 13.3. The van der Waals surface area contributed by atoms with Gasteiger partial charge in [-0.25, -0.2) is 9.67 Å². The molecule has 36 heavy (non-hydrogen) atoms. The molecule has 4 heterocycles. The van der Waals surface area contributed by atoms with Gasteiger partial charge >= 0.3 is 0 Å². The van der Waals surface area contributed by atoms with Gasteiger partial charge < -0.3 is 24.6 Å². The van der Waals surface area contributed by atoms with Gasteiger partial charge in [0.25, 0.3) is 5.91 Å². The van der Waals surface area contributed by atoms with Crippen molar-refractivity contribution >= 4 is 16.9 Å². The number of carbonyl (C=O) groups excluding carboxylic acids is 1. The number of piperazine rings is 1. The van der Waals surface area contributed by atoms with E-state index in [9.17, 15) is 4.79 Å². The highest BCUT2D eigenvalue weighted by Gasteiger charge is 2.20. The maximum atomic E-state index is 13.3. The van der Waals surface area contributed by atoms with E-state index in [1.165, 1.54) is 0 Å². The first kappa shape index (κ1) is 24.5. The quantitative estimate of drug-likeness (QED) is 0.484. The van der Waals surface area contributed by atoms with Crippen LogP contribution in [0.5, 0.6) is 11.5 Å². The summed E-state index contributed by atoms with van der Waals surface area (Å²) in [5.41, 5.74) is 2.88. The Kier molecular flexibility index (Phi) is 7.38. The number of fused-ring (bicyclic) bond motifs is 2. The molecule has 0 saturated carbocycles. The fraction of sp³-hybridized carbons (Fsp3) is 0.519. The summed E-state index contributed by atoms with van der Waals surface area (Å²) in [5.74, 6) is 1.33. The largest absolute Gasteiger partial charge is 0.486 e. The SMILES string of the molecule is CC(C)n1ncc2c(C(=O)NCCCCN3CCN(C)CC3)cc(-c3ccc4c(c3)OCCO4)nc21. The van der Waals surface area contributed by atoms with E-state index in [4.69, 9.17) is 14.5 Å². The Labute approximate surface area is 212 Å². The lowest BCUT2D eigenvalue weighted by Gasteiger charge is -2.32. The number of hydrogen-bond donors (Lipinski definition) is 1. The van der Waals surface area contributed by atoms with Crippen LogP contribution < -0.4 is 14.8 Å². The van der Waals surface area contributed by atoms with Gasteiger partial charge in [0.15, 0.2) is 17.1 Å². The number of benzene rings is 1. The lowest BCUT2D eigenvalue weighted by atomic mass is 10.1. The van der Waals surface area contributed by atoms with E-state index in [0.717, 1.165) is 62.3 Å². The number of unbranched alkanes of at least 4 members (excludes halogenated alkanes) is 1. The van der Waals surface area contributed by atoms with Crippen LogP contribution in [0.15, 0.2) is 30.5 Å². The molecule has 0 unspecified atom stereocenters. The molecule has 0 atom stereocenters. The molecule has 0 bridgehead atoms. The zero-order valence-corrected chi connectivity index (χ0v) is 21.5. The van der Waals surface area contributed by atoms with Crippen LogP contribution in [0.1, 0.15) is 43.1 Å². The molecular weight excluding hydrogens is 456 g/mol. The highest BCUT2D eigenvalue weighted by Crippen LogP contribution is 2.35. The molecule has 0 aliphatic carbocycles. The number of carbonyl (C=O) groups is 1. The Bertz CT molecular complexity index is 1220. The number of rotatable bonds is 8. The van der Waals surface area contributed by atoms with E-state index in [1.807, 2.05) is 28.9 Å². The number of aromatic nitrogens is 3. The Morgan fingerprint density at radius 2 is 1.83 bits per heavy atom. The zero-order chi connectivity index (χ0) is 25.1. The van der Waals surface area contributed by atoms with Gasteiger partial charge in [-0.05, 0) is 64.5 Å². The second-order valence-corrected chi connectivity index (χ2v) is 9.94. The normalized spacial score (nSPS) is 16.6. The number of likely N-dealkylation sites (N-methyl/N-ethyl adjacent to an activating group) is 1. The van der Waals surface area contributed by atoms with E-state index >= 15 is 0 Å². The van der Waals surface area contributed by atoms with E-state index < -0.39 is 0 Å². The van der Waals surface area contributed by atoms with Crippen LogP contribution in [0.25, 0.3) is 22.3 Å². The van der Waals surface area contributed by atoms with E-state index in [2.05, 4.69) is 41.1 Å². The first-order valence-corrected chi connectivity index (χ1v) is 13.0. The minimum Gasteiger partial charge on any atom is -0.486 e. The maximum Gasteiger partial charge on any atom is 0.252 e. The van der Waals surface area contributed by atoms with E-state index in [1.54, 1.807) is 6.20 Å². The number of nitrogens with zero attached hydrogens (tertiary/aromatic N) is 5. The number of hydrogen-bond acceptors (Lipinski definition) is 7. The van der Waals surface area contributed by atoms with Gasteiger partial charge in [-0.3, -0.25) is 4.79 Å². The minimum absolute atomic E-state index is 0.0934. The van der Waals surface area contributed by atoms with E-state index in [0.29, 0.717) is 42.4 Å². The molecule has 5 rings (SSSR count). The van der Waals surface area contributed by atoms with Crippen molar-refractivity contribution in [1.29, 1.82) is 0 Å². The van der Waals surface area contributed by atoms with Crippen LogP contribution in [0.2, 0.25) is 0 Å². The number of amides is 1. The molecule has 1 amide bonds. The van der Waals surface area contributed by atoms with Gasteiger partial charge in [-0.15, -0.1) is 0 Å². The van der Waals surface area contributed by atoms with Crippen molar-refractivity contribution < 1.29 is 14.3 Å². The van der Waals surface area contributed by atoms with Crippen molar-refractivity contribution in [3.63, 3.8) is 0 Å². The third-order valence-electron chi connectivity index (χ3n) is 6.92. The molecule has 0 radical (unpaired) electrons. The highest BCUT2D eigenvalue weighted by atomic mass is 16.6. The van der Waals surface area contributed by atoms with Crippen molar-refractivity contribution in [1.82, 2.24) is 29.9 Å².